The van der Waals surface area contributed by atoms with E-state index in [0.29, 0.717) is 22.0 Å². The van der Waals surface area contributed by atoms with E-state index < -0.39 is 4.92 Å². The second-order valence-corrected chi connectivity index (χ2v) is 6.19. The molecule has 0 bridgehead atoms. The molecule has 122 valence electrons. The Morgan fingerprint density at radius 1 is 1.25 bits per heavy atom. The van der Waals surface area contributed by atoms with Gasteiger partial charge in [0.1, 0.15) is 11.5 Å². The number of carbonyl (C=O) groups is 2. The number of furan rings is 1. The molecule has 0 unspecified atom stereocenters. The summed E-state index contributed by atoms with van der Waals surface area (Å²) in [5, 5.41) is 10.5. The summed E-state index contributed by atoms with van der Waals surface area (Å²) in [6.07, 6.45) is 1.51. The van der Waals surface area contributed by atoms with Crippen LogP contribution in [0.2, 0.25) is 0 Å². The highest BCUT2D eigenvalue weighted by molar-refractivity contribution is 8.18. The molecule has 1 saturated heterocycles. The average Bonchev–Trinajstić information content (AvgIpc) is 3.08. The maximum Gasteiger partial charge on any atom is 0.293 e. The normalized spacial score (nSPS) is 16.2. The third-order valence-electron chi connectivity index (χ3n) is 3.57. The van der Waals surface area contributed by atoms with E-state index in [0.717, 1.165) is 22.2 Å². The molecule has 0 atom stereocenters. The van der Waals surface area contributed by atoms with Crippen LogP contribution in [-0.2, 0) is 4.79 Å². The Morgan fingerprint density at radius 2 is 2.00 bits per heavy atom. The van der Waals surface area contributed by atoms with Crippen LogP contribution >= 0.6 is 11.8 Å². The van der Waals surface area contributed by atoms with Crippen molar-refractivity contribution in [2.75, 3.05) is 7.05 Å². The molecule has 1 aromatic heterocycles. The number of amides is 2. The first-order chi connectivity index (χ1) is 11.4. The SMILES string of the molecule is Cc1cc([N+](=O)[O-])ccc1-c1ccc(/C=C2/SC(=O)N(C)C2=O)o1. The van der Waals surface area contributed by atoms with E-state index in [2.05, 4.69) is 0 Å². The number of non-ortho nitro benzene ring substituents is 1. The lowest BCUT2D eigenvalue weighted by Gasteiger charge is -2.02. The first-order valence-electron chi connectivity index (χ1n) is 6.93. The molecule has 2 aromatic rings. The number of carbonyl (C=O) groups excluding carboxylic acids is 2. The fourth-order valence-corrected chi connectivity index (χ4v) is 3.10. The lowest BCUT2D eigenvalue weighted by atomic mass is 10.1. The first kappa shape index (κ1) is 16.0. The van der Waals surface area contributed by atoms with E-state index in [4.69, 9.17) is 4.42 Å². The number of likely N-dealkylation sites (N-methyl/N-ethyl adjacent to an activating group) is 1. The number of nitrogens with zero attached hydrogens (tertiary/aromatic N) is 2. The van der Waals surface area contributed by atoms with E-state index >= 15 is 0 Å². The number of nitro benzene ring substituents is 1. The smallest absolute Gasteiger partial charge is 0.293 e. The monoisotopic (exact) mass is 344 g/mol. The fourth-order valence-electron chi connectivity index (χ4n) is 2.29. The fraction of sp³-hybridized carbons (Fsp3) is 0.125. The summed E-state index contributed by atoms with van der Waals surface area (Å²) < 4.78 is 5.69. The minimum atomic E-state index is -0.453. The van der Waals surface area contributed by atoms with Gasteiger partial charge in [0.25, 0.3) is 16.8 Å². The zero-order valence-corrected chi connectivity index (χ0v) is 13.6. The van der Waals surface area contributed by atoms with Gasteiger partial charge in [-0.3, -0.25) is 24.6 Å². The van der Waals surface area contributed by atoms with Gasteiger partial charge in [-0.05, 0) is 42.4 Å². The molecule has 2 amide bonds. The van der Waals surface area contributed by atoms with Crippen molar-refractivity contribution in [3.05, 3.63) is 56.7 Å². The van der Waals surface area contributed by atoms with Crippen molar-refractivity contribution in [3.8, 4) is 11.3 Å². The second-order valence-electron chi connectivity index (χ2n) is 5.20. The average molecular weight is 344 g/mol. The molecule has 2 heterocycles. The van der Waals surface area contributed by atoms with Crippen LogP contribution in [-0.4, -0.2) is 28.0 Å². The molecule has 24 heavy (non-hydrogen) atoms. The van der Waals surface area contributed by atoms with Gasteiger partial charge < -0.3 is 4.42 Å². The van der Waals surface area contributed by atoms with E-state index in [9.17, 15) is 19.7 Å². The molecule has 8 heteroatoms. The Morgan fingerprint density at radius 3 is 2.58 bits per heavy atom. The van der Waals surface area contributed by atoms with E-state index in [1.807, 2.05) is 0 Å². The van der Waals surface area contributed by atoms with Crippen LogP contribution in [0.1, 0.15) is 11.3 Å². The summed E-state index contributed by atoms with van der Waals surface area (Å²) in [6.45, 7) is 1.76. The van der Waals surface area contributed by atoms with Gasteiger partial charge in [0, 0.05) is 30.8 Å². The molecular weight excluding hydrogens is 332 g/mol. The molecule has 1 aliphatic rings. The number of benzene rings is 1. The van der Waals surface area contributed by atoms with Crippen molar-refractivity contribution in [2.45, 2.75) is 6.92 Å². The van der Waals surface area contributed by atoms with Crippen molar-refractivity contribution in [3.63, 3.8) is 0 Å². The lowest BCUT2D eigenvalue weighted by Crippen LogP contribution is -2.22. The molecule has 0 spiro atoms. The van der Waals surface area contributed by atoms with Gasteiger partial charge in [-0.1, -0.05) is 0 Å². The Kier molecular flexibility index (Phi) is 3.98. The highest BCUT2D eigenvalue weighted by atomic mass is 32.2. The molecule has 0 N–H and O–H groups in total. The zero-order valence-electron chi connectivity index (χ0n) is 12.8. The summed E-state index contributed by atoms with van der Waals surface area (Å²) in [7, 11) is 1.42. The highest BCUT2D eigenvalue weighted by Crippen LogP contribution is 2.33. The van der Waals surface area contributed by atoms with E-state index in [1.54, 1.807) is 25.1 Å². The van der Waals surface area contributed by atoms with Crippen LogP contribution in [0.5, 0.6) is 0 Å². The van der Waals surface area contributed by atoms with Crippen molar-refractivity contribution >= 4 is 34.7 Å². The predicted molar refractivity (Wildman–Crippen MR) is 89.3 cm³/mol. The summed E-state index contributed by atoms with van der Waals surface area (Å²) in [5.74, 6) is 0.598. The molecule has 0 saturated carbocycles. The van der Waals surface area contributed by atoms with Crippen LogP contribution in [0.15, 0.2) is 39.7 Å². The van der Waals surface area contributed by atoms with Crippen LogP contribution in [0.3, 0.4) is 0 Å². The van der Waals surface area contributed by atoms with Gasteiger partial charge in [0.05, 0.1) is 9.83 Å². The van der Waals surface area contributed by atoms with Crippen molar-refractivity contribution in [1.29, 1.82) is 0 Å². The van der Waals surface area contributed by atoms with E-state index in [-0.39, 0.29) is 16.8 Å². The van der Waals surface area contributed by atoms with Gasteiger partial charge in [-0.2, -0.15) is 0 Å². The zero-order chi connectivity index (χ0) is 17.4. The largest absolute Gasteiger partial charge is 0.457 e. The number of thioether (sulfide) groups is 1. The maximum absolute atomic E-state index is 11.9. The van der Waals surface area contributed by atoms with Gasteiger partial charge in [-0.15, -0.1) is 0 Å². The van der Waals surface area contributed by atoms with E-state index in [1.165, 1.54) is 25.3 Å². The van der Waals surface area contributed by atoms with Crippen LogP contribution in [0.4, 0.5) is 10.5 Å². The minimum absolute atomic E-state index is 0.0136. The number of nitro groups is 1. The lowest BCUT2D eigenvalue weighted by molar-refractivity contribution is -0.384. The summed E-state index contributed by atoms with van der Waals surface area (Å²) in [6, 6.07) is 7.90. The Bertz CT molecular complexity index is 900. The van der Waals surface area contributed by atoms with Crippen LogP contribution in [0, 0.1) is 17.0 Å². The third-order valence-corrected chi connectivity index (χ3v) is 4.53. The van der Waals surface area contributed by atoms with Crippen molar-refractivity contribution in [1.82, 2.24) is 4.90 Å². The molecular formula is C16H12N2O5S. The number of hydrogen-bond acceptors (Lipinski definition) is 6. The first-order valence-corrected chi connectivity index (χ1v) is 7.75. The van der Waals surface area contributed by atoms with Crippen LogP contribution in [0.25, 0.3) is 17.4 Å². The molecule has 1 fully saturated rings. The number of imide groups is 1. The van der Waals surface area contributed by atoms with Gasteiger partial charge >= 0.3 is 0 Å². The van der Waals surface area contributed by atoms with Gasteiger partial charge in [0.15, 0.2) is 0 Å². The summed E-state index contributed by atoms with van der Waals surface area (Å²) in [4.78, 5) is 35.0. The summed E-state index contributed by atoms with van der Waals surface area (Å²) >= 11 is 0.854. The Hall–Kier alpha value is -2.87. The summed E-state index contributed by atoms with van der Waals surface area (Å²) in [5.41, 5.74) is 1.45. The van der Waals surface area contributed by atoms with Crippen molar-refractivity contribution in [2.24, 2.45) is 0 Å². The Labute approximate surface area is 141 Å². The topological polar surface area (TPSA) is 93.7 Å². The predicted octanol–water partition coefficient (Wildman–Crippen LogP) is 3.83. The number of hydrogen-bond donors (Lipinski definition) is 0. The quantitative estimate of drug-likeness (QED) is 0.477. The molecule has 0 aliphatic carbocycles. The standard InChI is InChI=1S/C16H12N2O5S/c1-9-7-10(18(21)22)3-5-12(9)13-6-4-11(23-13)8-14-15(19)17(2)16(20)24-14/h3-8H,1-2H3/b14-8+. The third kappa shape index (κ3) is 2.83. The molecule has 7 nitrogen and oxygen atoms in total. The number of rotatable bonds is 3. The van der Waals surface area contributed by atoms with Crippen LogP contribution < -0.4 is 0 Å². The molecule has 1 aromatic carbocycles. The number of aryl methyl sites for hydroxylation is 1. The van der Waals surface area contributed by atoms with Gasteiger partial charge in [-0.25, -0.2) is 0 Å². The Balaban J connectivity index is 1.91. The highest BCUT2D eigenvalue weighted by Gasteiger charge is 2.32. The molecule has 1 aliphatic heterocycles. The maximum atomic E-state index is 11.9. The second kappa shape index (κ2) is 5.97. The van der Waals surface area contributed by atoms with Gasteiger partial charge in [0.2, 0.25) is 0 Å². The molecule has 0 radical (unpaired) electrons. The minimum Gasteiger partial charge on any atom is -0.457 e. The molecule has 3 rings (SSSR count). The van der Waals surface area contributed by atoms with Crippen molar-refractivity contribution < 1.29 is 18.9 Å².